The molecule has 0 rings (SSSR count). The van der Waals surface area contributed by atoms with E-state index < -0.39 is 0 Å². The Hall–Kier alpha value is -0.0400. The second-order valence-corrected chi connectivity index (χ2v) is 9.10. The van der Waals surface area contributed by atoms with Crippen LogP contribution in [0, 0.1) is 0 Å². The molecule has 0 aromatic carbocycles. The standard InChI is InChI=1S/C23H49N/c1-8-11-14-16-19-22(4,5)24(21-18-13-10-3)23(6,7)20-17-15-12-9-2/h8-21H2,1-7H3. The maximum atomic E-state index is 2.87. The van der Waals surface area contributed by atoms with Crippen LogP contribution in [0.5, 0.6) is 0 Å². The Kier molecular flexibility index (Phi) is 13.2. The molecule has 0 bridgehead atoms. The molecule has 146 valence electrons. The van der Waals surface area contributed by atoms with E-state index in [0.29, 0.717) is 11.1 Å². The Bertz CT molecular complexity index is 256. The topological polar surface area (TPSA) is 3.24 Å². The van der Waals surface area contributed by atoms with Crippen molar-refractivity contribution in [2.24, 2.45) is 0 Å². The van der Waals surface area contributed by atoms with Crippen molar-refractivity contribution in [2.45, 2.75) is 143 Å². The Morgan fingerprint density at radius 1 is 0.500 bits per heavy atom. The molecule has 1 nitrogen and oxygen atoms in total. The van der Waals surface area contributed by atoms with Gasteiger partial charge in [-0.25, -0.2) is 0 Å². The fourth-order valence-electron chi connectivity index (χ4n) is 4.18. The minimum atomic E-state index is 0.329. The van der Waals surface area contributed by atoms with Crippen LogP contribution in [0.3, 0.4) is 0 Å². The maximum Gasteiger partial charge on any atom is 0.0158 e. The van der Waals surface area contributed by atoms with Gasteiger partial charge in [-0.2, -0.15) is 0 Å². The normalized spacial score (nSPS) is 13.0. The Morgan fingerprint density at radius 3 is 1.25 bits per heavy atom. The zero-order chi connectivity index (χ0) is 18.5. The second-order valence-electron chi connectivity index (χ2n) is 9.10. The molecule has 0 unspecified atom stereocenters. The monoisotopic (exact) mass is 339 g/mol. The Morgan fingerprint density at radius 2 is 0.875 bits per heavy atom. The van der Waals surface area contributed by atoms with E-state index in [2.05, 4.69) is 53.4 Å². The van der Waals surface area contributed by atoms with Gasteiger partial charge < -0.3 is 0 Å². The van der Waals surface area contributed by atoms with E-state index in [1.165, 1.54) is 90.0 Å². The van der Waals surface area contributed by atoms with Crippen molar-refractivity contribution >= 4 is 0 Å². The zero-order valence-electron chi connectivity index (χ0n) is 18.3. The lowest BCUT2D eigenvalue weighted by atomic mass is 9.85. The summed E-state index contributed by atoms with van der Waals surface area (Å²) in [5.41, 5.74) is 0.658. The summed E-state index contributed by atoms with van der Waals surface area (Å²) < 4.78 is 0. The number of rotatable bonds is 16. The molecule has 0 amide bonds. The van der Waals surface area contributed by atoms with Gasteiger partial charge in [0.25, 0.3) is 0 Å². The number of hydrogen-bond donors (Lipinski definition) is 0. The third-order valence-corrected chi connectivity index (χ3v) is 5.73. The van der Waals surface area contributed by atoms with Crippen molar-refractivity contribution < 1.29 is 0 Å². The molecule has 0 aliphatic carbocycles. The quantitative estimate of drug-likeness (QED) is 0.258. The zero-order valence-corrected chi connectivity index (χ0v) is 18.3. The van der Waals surface area contributed by atoms with E-state index in [9.17, 15) is 0 Å². The lowest BCUT2D eigenvalue weighted by Crippen LogP contribution is -2.55. The molecule has 0 fully saturated rings. The van der Waals surface area contributed by atoms with Crippen molar-refractivity contribution in [3.05, 3.63) is 0 Å². The highest BCUT2D eigenvalue weighted by atomic mass is 15.2. The van der Waals surface area contributed by atoms with Gasteiger partial charge in [0.05, 0.1) is 0 Å². The lowest BCUT2D eigenvalue weighted by molar-refractivity contribution is 0.00163. The molecular weight excluding hydrogens is 290 g/mol. The highest BCUT2D eigenvalue weighted by Gasteiger charge is 2.36. The molecule has 0 heterocycles. The molecule has 0 aliphatic heterocycles. The summed E-state index contributed by atoms with van der Waals surface area (Å²) in [5, 5.41) is 0. The summed E-state index contributed by atoms with van der Waals surface area (Å²) in [7, 11) is 0. The molecule has 0 radical (unpaired) electrons. The smallest absolute Gasteiger partial charge is 0.0158 e. The van der Waals surface area contributed by atoms with E-state index in [0.717, 1.165) is 0 Å². The predicted octanol–water partition coefficient (Wildman–Crippen LogP) is 7.98. The summed E-state index contributed by atoms with van der Waals surface area (Å²) in [6, 6.07) is 0. The van der Waals surface area contributed by atoms with Crippen LogP contribution in [0.2, 0.25) is 0 Å². The minimum absolute atomic E-state index is 0.329. The first-order valence-electron chi connectivity index (χ1n) is 11.1. The van der Waals surface area contributed by atoms with Gasteiger partial charge in [-0.3, -0.25) is 4.90 Å². The van der Waals surface area contributed by atoms with Gasteiger partial charge in [0.1, 0.15) is 0 Å². The van der Waals surface area contributed by atoms with Crippen LogP contribution in [0.25, 0.3) is 0 Å². The van der Waals surface area contributed by atoms with Crippen LogP contribution in [0.1, 0.15) is 132 Å². The highest BCUT2D eigenvalue weighted by molar-refractivity contribution is 4.92. The van der Waals surface area contributed by atoms with E-state index in [1.807, 2.05) is 0 Å². The minimum Gasteiger partial charge on any atom is -0.293 e. The summed E-state index contributed by atoms with van der Waals surface area (Å²) in [6.45, 7) is 18.2. The first kappa shape index (κ1) is 24.0. The van der Waals surface area contributed by atoms with Crippen molar-refractivity contribution in [1.82, 2.24) is 4.90 Å². The van der Waals surface area contributed by atoms with Crippen LogP contribution >= 0.6 is 0 Å². The van der Waals surface area contributed by atoms with Gasteiger partial charge in [0.2, 0.25) is 0 Å². The van der Waals surface area contributed by atoms with Crippen molar-refractivity contribution in [2.75, 3.05) is 6.54 Å². The molecule has 0 N–H and O–H groups in total. The molecule has 0 atom stereocenters. The summed E-state index contributed by atoms with van der Waals surface area (Å²) in [5.74, 6) is 0. The summed E-state index contributed by atoms with van der Waals surface area (Å²) in [6.07, 6.45) is 17.8. The lowest BCUT2D eigenvalue weighted by Gasteiger charge is -2.49. The molecule has 0 saturated heterocycles. The molecule has 0 spiro atoms. The largest absolute Gasteiger partial charge is 0.293 e. The number of unbranched alkanes of at least 4 members (excludes halogenated alkanes) is 8. The first-order chi connectivity index (χ1) is 11.3. The van der Waals surface area contributed by atoms with Crippen LogP contribution in [-0.4, -0.2) is 22.5 Å². The van der Waals surface area contributed by atoms with Gasteiger partial charge in [-0.05, 0) is 53.5 Å². The molecule has 1 heteroatoms. The van der Waals surface area contributed by atoms with E-state index in [4.69, 9.17) is 0 Å². The molecular formula is C23H49N. The van der Waals surface area contributed by atoms with Gasteiger partial charge in [-0.1, -0.05) is 85.0 Å². The summed E-state index contributed by atoms with van der Waals surface area (Å²) >= 11 is 0. The van der Waals surface area contributed by atoms with Crippen LogP contribution in [0.15, 0.2) is 0 Å². The molecule has 0 saturated carbocycles. The second kappa shape index (κ2) is 13.2. The molecule has 0 aromatic rings. The fraction of sp³-hybridized carbons (Fsp3) is 1.00. The van der Waals surface area contributed by atoms with Crippen LogP contribution in [0.4, 0.5) is 0 Å². The van der Waals surface area contributed by atoms with Crippen LogP contribution in [-0.2, 0) is 0 Å². The highest BCUT2D eigenvalue weighted by Crippen LogP contribution is 2.33. The van der Waals surface area contributed by atoms with Gasteiger partial charge >= 0.3 is 0 Å². The fourth-order valence-corrected chi connectivity index (χ4v) is 4.18. The summed E-state index contributed by atoms with van der Waals surface area (Å²) in [4.78, 5) is 2.87. The Balaban J connectivity index is 4.77. The maximum absolute atomic E-state index is 2.87. The van der Waals surface area contributed by atoms with Crippen molar-refractivity contribution in [1.29, 1.82) is 0 Å². The van der Waals surface area contributed by atoms with Crippen molar-refractivity contribution in [3.63, 3.8) is 0 Å². The van der Waals surface area contributed by atoms with Gasteiger partial charge in [0, 0.05) is 11.1 Å². The third kappa shape index (κ3) is 10.1. The van der Waals surface area contributed by atoms with Gasteiger partial charge in [-0.15, -0.1) is 0 Å². The SMILES string of the molecule is CCCCCCC(C)(C)N(CCCCC)C(C)(C)CCCCCC. The van der Waals surface area contributed by atoms with E-state index >= 15 is 0 Å². The molecule has 24 heavy (non-hydrogen) atoms. The number of nitrogens with zero attached hydrogens (tertiary/aromatic N) is 1. The average Bonchev–Trinajstić information content (AvgIpc) is 2.52. The van der Waals surface area contributed by atoms with E-state index in [1.54, 1.807) is 0 Å². The predicted molar refractivity (Wildman–Crippen MR) is 112 cm³/mol. The molecule has 0 aromatic heterocycles. The average molecular weight is 340 g/mol. The van der Waals surface area contributed by atoms with Gasteiger partial charge in [0.15, 0.2) is 0 Å². The van der Waals surface area contributed by atoms with E-state index in [-0.39, 0.29) is 0 Å². The number of hydrogen-bond acceptors (Lipinski definition) is 1. The Labute approximate surface area is 155 Å². The first-order valence-corrected chi connectivity index (χ1v) is 11.1. The molecule has 0 aliphatic rings. The van der Waals surface area contributed by atoms with Crippen molar-refractivity contribution in [3.8, 4) is 0 Å². The van der Waals surface area contributed by atoms with Crippen LogP contribution < -0.4 is 0 Å². The third-order valence-electron chi connectivity index (χ3n) is 5.73.